The lowest BCUT2D eigenvalue weighted by Crippen LogP contribution is -2.46. The Morgan fingerprint density at radius 3 is 0.810 bits per heavy atom. The zero-order chi connectivity index (χ0) is 42.1. The third kappa shape index (κ3) is 35.0. The van der Waals surface area contributed by atoms with Crippen LogP contribution in [0.25, 0.3) is 0 Å². The Morgan fingerprint density at radius 2 is 0.586 bits per heavy atom. The van der Waals surface area contributed by atoms with Gasteiger partial charge in [0.15, 0.2) is 0 Å². The summed E-state index contributed by atoms with van der Waals surface area (Å²) in [5.41, 5.74) is 0. The third-order valence-corrected chi connectivity index (χ3v) is 12.7. The fraction of sp³-hybridized carbons (Fsp3) is 0.769. The van der Waals surface area contributed by atoms with Crippen LogP contribution in [0.5, 0.6) is 11.5 Å². The number of unbranched alkanes of at least 4 members (excludes halogenated alkanes) is 30. The van der Waals surface area contributed by atoms with Crippen molar-refractivity contribution in [3.63, 3.8) is 0 Å². The van der Waals surface area contributed by atoms with Crippen molar-refractivity contribution in [1.29, 1.82) is 0 Å². The van der Waals surface area contributed by atoms with E-state index in [1.807, 2.05) is 0 Å². The molecule has 0 bridgehead atoms. The highest BCUT2D eigenvalue weighted by atomic mass is 31.2. The van der Waals surface area contributed by atoms with Gasteiger partial charge in [-0.25, -0.2) is 4.57 Å². The second-order valence-electron chi connectivity index (χ2n) is 17.7. The van der Waals surface area contributed by atoms with Gasteiger partial charge in [0.1, 0.15) is 11.5 Å². The number of benzene rings is 2. The Bertz CT molecular complexity index is 1050. The van der Waals surface area contributed by atoms with Gasteiger partial charge in [0.2, 0.25) is 0 Å². The number of nitrogens with zero attached hydrogens (tertiary/aromatic N) is 1. The van der Waals surface area contributed by atoms with Crippen LogP contribution < -0.4 is 13.9 Å². The summed E-state index contributed by atoms with van der Waals surface area (Å²) in [6.45, 7) is 11.3. The van der Waals surface area contributed by atoms with E-state index in [0.717, 1.165) is 0 Å². The lowest BCUT2D eigenvalue weighted by molar-refractivity contribution is -0.910. The van der Waals surface area contributed by atoms with E-state index in [1.54, 1.807) is 60.7 Å². The van der Waals surface area contributed by atoms with Gasteiger partial charge in [0, 0.05) is 0 Å². The molecule has 0 atom stereocenters. The Balaban J connectivity index is 0.000000810. The predicted molar refractivity (Wildman–Crippen MR) is 252 cm³/mol. The first kappa shape index (κ1) is 54.2. The van der Waals surface area contributed by atoms with Crippen molar-refractivity contribution in [2.24, 2.45) is 0 Å². The monoisotopic (exact) mass is 828 g/mol. The fourth-order valence-electron chi connectivity index (χ4n) is 8.05. The molecule has 58 heavy (non-hydrogen) atoms. The van der Waals surface area contributed by atoms with E-state index in [9.17, 15) is 9.46 Å². The van der Waals surface area contributed by atoms with Gasteiger partial charge in [-0.1, -0.05) is 231 Å². The quantitative estimate of drug-likeness (QED) is 0.0381. The minimum absolute atomic E-state index is 0.224. The van der Waals surface area contributed by atoms with Crippen LogP contribution in [0, 0.1) is 0 Å². The number of rotatable bonds is 40. The number of hydrogen-bond acceptors (Lipinski definition) is 4. The van der Waals surface area contributed by atoms with Crippen molar-refractivity contribution in [2.45, 2.75) is 233 Å². The van der Waals surface area contributed by atoms with Gasteiger partial charge >= 0.3 is 7.82 Å². The maximum atomic E-state index is 11.6. The lowest BCUT2D eigenvalue weighted by atomic mass is 10.0. The van der Waals surface area contributed by atoms with Crippen LogP contribution in [0.1, 0.15) is 233 Å². The summed E-state index contributed by atoms with van der Waals surface area (Å²) in [7, 11) is -1.77. The lowest BCUT2D eigenvalue weighted by Gasteiger charge is -2.35. The SMILES string of the molecule is CCCCCCCCCCCCC[N+](C)(CCCCCCCCCCCCC)CCCCCCCCCCCCC.O=P([O-])(Oc1ccccc1)Oc1ccccc1. The standard InChI is InChI=1S/C40H84N.C12H11O4P/c1-5-8-11-14-17-20-23-26-29-32-35-38-41(4,39-36-33-30-27-24-21-18-15-12-9-6-2)40-37-34-31-28-25-22-19-16-13-10-7-3;13-17(14,15-11-7-3-1-4-8-11)16-12-9-5-2-6-10-12/h5-40H2,1-4H3;1-10H,(H,13,14)/q+1;/p-1. The van der Waals surface area contributed by atoms with Crippen LogP contribution in [0.2, 0.25) is 0 Å². The van der Waals surface area contributed by atoms with Crippen LogP contribution in [0.4, 0.5) is 0 Å². The number of hydrogen-bond donors (Lipinski definition) is 0. The first-order valence-corrected chi connectivity index (χ1v) is 26.4. The smallest absolute Gasteiger partial charge is 0.372 e. The number of para-hydroxylation sites is 2. The molecule has 0 aliphatic heterocycles. The molecule has 0 heterocycles. The van der Waals surface area contributed by atoms with Crippen molar-refractivity contribution < 1.29 is 23.0 Å². The molecule has 0 unspecified atom stereocenters. The molecule has 5 nitrogen and oxygen atoms in total. The topological polar surface area (TPSA) is 58.6 Å². The summed E-state index contributed by atoms with van der Waals surface area (Å²) in [6.07, 6.45) is 48.2. The van der Waals surface area contributed by atoms with Gasteiger partial charge < -0.3 is 18.4 Å². The van der Waals surface area contributed by atoms with Crippen molar-refractivity contribution >= 4 is 7.82 Å². The number of quaternary nitrogens is 1. The molecule has 0 aromatic heterocycles. The minimum atomic E-state index is -4.39. The van der Waals surface area contributed by atoms with E-state index in [0.29, 0.717) is 0 Å². The second kappa shape index (κ2) is 39.3. The van der Waals surface area contributed by atoms with E-state index in [1.165, 1.54) is 236 Å². The van der Waals surface area contributed by atoms with E-state index >= 15 is 0 Å². The normalized spacial score (nSPS) is 11.7. The van der Waals surface area contributed by atoms with Gasteiger partial charge in [0.05, 0.1) is 26.7 Å². The molecule has 0 saturated heterocycles. The molecule has 0 amide bonds. The van der Waals surface area contributed by atoms with Gasteiger partial charge in [-0.3, -0.25) is 0 Å². The highest BCUT2D eigenvalue weighted by molar-refractivity contribution is 7.46. The maximum absolute atomic E-state index is 11.6. The number of phosphoric acid groups is 1. The minimum Gasteiger partial charge on any atom is -0.736 e. The Kier molecular flexibility index (Phi) is 36.8. The molecular formula is C52H94NO4P. The van der Waals surface area contributed by atoms with Gasteiger partial charge in [-0.15, -0.1) is 0 Å². The van der Waals surface area contributed by atoms with E-state index in [2.05, 4.69) is 27.8 Å². The first-order chi connectivity index (χ1) is 28.3. The van der Waals surface area contributed by atoms with Gasteiger partial charge in [-0.05, 0) is 62.8 Å². The predicted octanol–water partition coefficient (Wildman–Crippen LogP) is 17.0. The Morgan fingerprint density at radius 1 is 0.379 bits per heavy atom. The van der Waals surface area contributed by atoms with Crippen molar-refractivity contribution in [1.82, 2.24) is 0 Å². The molecule has 0 spiro atoms. The van der Waals surface area contributed by atoms with Crippen LogP contribution in [0.15, 0.2) is 60.7 Å². The molecular weight excluding hydrogens is 734 g/mol. The fourth-order valence-corrected chi connectivity index (χ4v) is 8.85. The molecule has 0 aliphatic rings. The summed E-state index contributed by atoms with van der Waals surface area (Å²) < 4.78 is 22.5. The first-order valence-electron chi connectivity index (χ1n) is 25.0. The summed E-state index contributed by atoms with van der Waals surface area (Å²) in [5.74, 6) is 0.448. The molecule has 0 fully saturated rings. The third-order valence-electron chi connectivity index (χ3n) is 11.8. The van der Waals surface area contributed by atoms with Crippen LogP contribution >= 0.6 is 7.82 Å². The van der Waals surface area contributed by atoms with Crippen molar-refractivity contribution in [3.05, 3.63) is 60.7 Å². The molecule has 2 aromatic rings. The largest absolute Gasteiger partial charge is 0.736 e. The van der Waals surface area contributed by atoms with Crippen molar-refractivity contribution in [3.8, 4) is 11.5 Å². The second-order valence-corrected chi connectivity index (χ2v) is 18.9. The Hall–Kier alpha value is -1.81. The molecule has 6 heteroatoms. The molecule has 0 aliphatic carbocycles. The number of phosphoric ester groups is 1. The summed E-state index contributed by atoms with van der Waals surface area (Å²) in [4.78, 5) is 11.6. The summed E-state index contributed by atoms with van der Waals surface area (Å²) >= 11 is 0. The van der Waals surface area contributed by atoms with Gasteiger partial charge in [-0.2, -0.15) is 0 Å². The van der Waals surface area contributed by atoms with E-state index in [-0.39, 0.29) is 11.5 Å². The van der Waals surface area contributed by atoms with Crippen molar-refractivity contribution in [2.75, 3.05) is 26.7 Å². The van der Waals surface area contributed by atoms with Gasteiger partial charge in [0.25, 0.3) is 0 Å². The molecule has 2 aromatic carbocycles. The zero-order valence-electron chi connectivity index (χ0n) is 38.8. The average Bonchev–Trinajstić information content (AvgIpc) is 3.22. The highest BCUT2D eigenvalue weighted by Gasteiger charge is 2.20. The van der Waals surface area contributed by atoms with E-state index < -0.39 is 7.82 Å². The summed E-state index contributed by atoms with van der Waals surface area (Å²) in [5, 5.41) is 0. The molecule has 0 radical (unpaired) electrons. The van der Waals surface area contributed by atoms with Crippen LogP contribution in [0.3, 0.4) is 0 Å². The summed E-state index contributed by atoms with van der Waals surface area (Å²) in [6, 6.07) is 16.4. The van der Waals surface area contributed by atoms with Crippen LogP contribution in [-0.4, -0.2) is 31.2 Å². The molecule has 0 saturated carbocycles. The average molecular weight is 828 g/mol. The molecule has 0 N–H and O–H groups in total. The maximum Gasteiger partial charge on any atom is 0.372 e. The van der Waals surface area contributed by atoms with E-state index in [4.69, 9.17) is 9.05 Å². The highest BCUT2D eigenvalue weighted by Crippen LogP contribution is 2.40. The molecule has 336 valence electrons. The van der Waals surface area contributed by atoms with Crippen LogP contribution in [-0.2, 0) is 4.57 Å². The zero-order valence-corrected chi connectivity index (χ0v) is 39.7. The Labute approximate surface area is 361 Å². The molecule has 2 rings (SSSR count).